The first-order valence-corrected chi connectivity index (χ1v) is 4.58. The highest BCUT2D eigenvalue weighted by atomic mass is 79.9. The molecule has 0 aliphatic rings. The van der Waals surface area contributed by atoms with Crippen LogP contribution in [0.1, 0.15) is 12.5 Å². The van der Waals surface area contributed by atoms with Gasteiger partial charge in [0.1, 0.15) is 5.82 Å². The van der Waals surface area contributed by atoms with Crippen molar-refractivity contribution >= 4 is 27.3 Å². The lowest BCUT2D eigenvalue weighted by atomic mass is 10.1. The van der Waals surface area contributed by atoms with E-state index in [9.17, 15) is 4.39 Å². The minimum atomic E-state index is -0.375. The van der Waals surface area contributed by atoms with Gasteiger partial charge in [-0.25, -0.2) is 4.39 Å². The zero-order chi connectivity index (χ0) is 10.0. The SMILES string of the molecule is CNc1c(Br)ccc(F)c1C(C)=N. The number of anilines is 1. The van der Waals surface area contributed by atoms with E-state index in [0.717, 1.165) is 4.47 Å². The van der Waals surface area contributed by atoms with E-state index in [-0.39, 0.29) is 11.5 Å². The van der Waals surface area contributed by atoms with Crippen molar-refractivity contribution in [2.24, 2.45) is 0 Å². The predicted molar refractivity (Wildman–Crippen MR) is 56.1 cm³/mol. The first-order chi connectivity index (χ1) is 6.07. The van der Waals surface area contributed by atoms with Gasteiger partial charge in [-0.05, 0) is 35.0 Å². The molecule has 1 aromatic carbocycles. The van der Waals surface area contributed by atoms with Gasteiger partial charge in [-0.2, -0.15) is 0 Å². The summed E-state index contributed by atoms with van der Waals surface area (Å²) in [6, 6.07) is 2.96. The van der Waals surface area contributed by atoms with Crippen molar-refractivity contribution in [1.29, 1.82) is 5.41 Å². The average molecular weight is 245 g/mol. The van der Waals surface area contributed by atoms with Crippen molar-refractivity contribution in [3.63, 3.8) is 0 Å². The molecule has 1 aromatic rings. The third-order valence-electron chi connectivity index (χ3n) is 1.73. The van der Waals surface area contributed by atoms with Crippen LogP contribution in [-0.2, 0) is 0 Å². The molecule has 70 valence electrons. The Morgan fingerprint density at radius 3 is 2.54 bits per heavy atom. The fourth-order valence-corrected chi connectivity index (χ4v) is 1.69. The monoisotopic (exact) mass is 244 g/mol. The van der Waals surface area contributed by atoms with Gasteiger partial charge >= 0.3 is 0 Å². The molecule has 0 aliphatic heterocycles. The van der Waals surface area contributed by atoms with Crippen molar-refractivity contribution in [1.82, 2.24) is 0 Å². The molecule has 0 radical (unpaired) electrons. The number of hydrogen-bond acceptors (Lipinski definition) is 2. The normalized spacial score (nSPS) is 9.85. The molecule has 13 heavy (non-hydrogen) atoms. The largest absolute Gasteiger partial charge is 0.387 e. The highest BCUT2D eigenvalue weighted by Crippen LogP contribution is 2.28. The van der Waals surface area contributed by atoms with Crippen molar-refractivity contribution < 1.29 is 4.39 Å². The predicted octanol–water partition coefficient (Wildman–Crippen LogP) is 3.02. The van der Waals surface area contributed by atoms with E-state index < -0.39 is 0 Å². The van der Waals surface area contributed by atoms with Gasteiger partial charge in [-0.15, -0.1) is 0 Å². The molecule has 0 spiro atoms. The molecule has 0 saturated carbocycles. The number of benzene rings is 1. The summed E-state index contributed by atoms with van der Waals surface area (Å²) in [7, 11) is 1.70. The highest BCUT2D eigenvalue weighted by Gasteiger charge is 2.12. The molecule has 2 nitrogen and oxygen atoms in total. The fraction of sp³-hybridized carbons (Fsp3) is 0.222. The minimum absolute atomic E-state index is 0.211. The van der Waals surface area contributed by atoms with E-state index in [1.807, 2.05) is 0 Å². The average Bonchev–Trinajstić information content (AvgIpc) is 2.07. The van der Waals surface area contributed by atoms with E-state index in [2.05, 4.69) is 21.2 Å². The number of halogens is 2. The Morgan fingerprint density at radius 1 is 1.54 bits per heavy atom. The van der Waals surface area contributed by atoms with Crippen LogP contribution < -0.4 is 5.32 Å². The van der Waals surface area contributed by atoms with Crippen molar-refractivity contribution in [2.45, 2.75) is 6.92 Å². The van der Waals surface area contributed by atoms with Crippen LogP contribution in [0.2, 0.25) is 0 Å². The van der Waals surface area contributed by atoms with E-state index in [4.69, 9.17) is 5.41 Å². The van der Waals surface area contributed by atoms with Crippen LogP contribution in [0.4, 0.5) is 10.1 Å². The standard InChI is InChI=1S/C9H10BrFN2/c1-5(12)8-7(11)4-3-6(10)9(8)13-2/h3-4,12-13H,1-2H3. The summed E-state index contributed by atoms with van der Waals surface area (Å²) in [5, 5.41) is 10.3. The molecule has 0 unspecified atom stereocenters. The van der Waals surface area contributed by atoms with Crippen molar-refractivity contribution in [2.75, 3.05) is 12.4 Å². The second-order valence-corrected chi connectivity index (χ2v) is 3.51. The summed E-state index contributed by atoms with van der Waals surface area (Å²) in [6.07, 6.45) is 0. The third kappa shape index (κ3) is 1.88. The molecule has 0 fully saturated rings. The van der Waals surface area contributed by atoms with Gasteiger partial charge in [-0.3, -0.25) is 0 Å². The Labute approximate surface area is 84.8 Å². The van der Waals surface area contributed by atoms with Gasteiger partial charge in [0.05, 0.1) is 11.3 Å². The zero-order valence-corrected chi connectivity index (χ0v) is 9.00. The fourth-order valence-electron chi connectivity index (χ4n) is 1.16. The van der Waals surface area contributed by atoms with Crippen LogP contribution in [0.15, 0.2) is 16.6 Å². The topological polar surface area (TPSA) is 35.9 Å². The second-order valence-electron chi connectivity index (χ2n) is 2.65. The summed E-state index contributed by atoms with van der Waals surface area (Å²) >= 11 is 3.28. The Morgan fingerprint density at radius 2 is 2.15 bits per heavy atom. The molecule has 0 bridgehead atoms. The Bertz CT molecular complexity index is 350. The van der Waals surface area contributed by atoms with Gasteiger partial charge in [0, 0.05) is 17.2 Å². The summed E-state index contributed by atoms with van der Waals surface area (Å²) in [5.41, 5.74) is 1.15. The molecule has 0 heterocycles. The molecule has 4 heteroatoms. The molecule has 0 amide bonds. The molecule has 0 saturated heterocycles. The molecule has 1 rings (SSSR count). The van der Waals surface area contributed by atoms with Crippen LogP contribution in [0.3, 0.4) is 0 Å². The molecule has 0 aliphatic carbocycles. The first-order valence-electron chi connectivity index (χ1n) is 3.79. The highest BCUT2D eigenvalue weighted by molar-refractivity contribution is 9.10. The number of nitrogens with one attached hydrogen (secondary N) is 2. The van der Waals surface area contributed by atoms with Crippen LogP contribution in [0.25, 0.3) is 0 Å². The summed E-state index contributed by atoms with van der Waals surface area (Å²) < 4.78 is 14.0. The minimum Gasteiger partial charge on any atom is -0.387 e. The molecular weight excluding hydrogens is 235 g/mol. The second kappa shape index (κ2) is 3.87. The van der Waals surface area contributed by atoms with E-state index in [0.29, 0.717) is 11.3 Å². The van der Waals surface area contributed by atoms with E-state index in [1.54, 1.807) is 20.0 Å². The number of hydrogen-bond donors (Lipinski definition) is 2. The number of rotatable bonds is 2. The molecule has 0 atom stereocenters. The van der Waals surface area contributed by atoms with Crippen LogP contribution in [0.5, 0.6) is 0 Å². The maximum absolute atomic E-state index is 13.3. The molecular formula is C9H10BrFN2. The summed E-state index contributed by atoms with van der Waals surface area (Å²) in [6.45, 7) is 1.56. The Kier molecular flexibility index (Phi) is 3.03. The maximum Gasteiger partial charge on any atom is 0.134 e. The lowest BCUT2D eigenvalue weighted by Gasteiger charge is -2.10. The van der Waals surface area contributed by atoms with Crippen LogP contribution in [0, 0.1) is 11.2 Å². The summed E-state index contributed by atoms with van der Waals surface area (Å²) in [4.78, 5) is 0. The van der Waals surface area contributed by atoms with Gasteiger partial charge < -0.3 is 10.7 Å². The Balaban J connectivity index is 3.43. The quantitative estimate of drug-likeness (QED) is 0.772. The maximum atomic E-state index is 13.3. The first kappa shape index (κ1) is 10.2. The zero-order valence-electron chi connectivity index (χ0n) is 7.41. The third-order valence-corrected chi connectivity index (χ3v) is 2.39. The molecule has 2 N–H and O–H groups in total. The lowest BCUT2D eigenvalue weighted by molar-refractivity contribution is 0.625. The van der Waals surface area contributed by atoms with Gasteiger partial charge in [0.25, 0.3) is 0 Å². The van der Waals surface area contributed by atoms with Gasteiger partial charge in [0.2, 0.25) is 0 Å². The summed E-state index contributed by atoms with van der Waals surface area (Å²) in [5.74, 6) is -0.375. The van der Waals surface area contributed by atoms with E-state index in [1.165, 1.54) is 6.07 Å². The van der Waals surface area contributed by atoms with Crippen LogP contribution in [-0.4, -0.2) is 12.8 Å². The van der Waals surface area contributed by atoms with Crippen molar-refractivity contribution in [3.05, 3.63) is 28.0 Å². The smallest absolute Gasteiger partial charge is 0.134 e. The van der Waals surface area contributed by atoms with Gasteiger partial charge in [-0.1, -0.05) is 0 Å². The molecule has 0 aromatic heterocycles. The van der Waals surface area contributed by atoms with Crippen molar-refractivity contribution in [3.8, 4) is 0 Å². The Hall–Kier alpha value is -0.900. The van der Waals surface area contributed by atoms with Crippen LogP contribution >= 0.6 is 15.9 Å². The van der Waals surface area contributed by atoms with Gasteiger partial charge in [0.15, 0.2) is 0 Å². The van der Waals surface area contributed by atoms with E-state index >= 15 is 0 Å². The lowest BCUT2D eigenvalue weighted by Crippen LogP contribution is -2.04.